The van der Waals surface area contributed by atoms with Crippen LogP contribution in [-0.2, 0) is 9.59 Å². The van der Waals surface area contributed by atoms with Crippen molar-refractivity contribution in [3.8, 4) is 0 Å². The van der Waals surface area contributed by atoms with Crippen LogP contribution in [0.4, 0.5) is 0 Å². The lowest BCUT2D eigenvalue weighted by Crippen LogP contribution is -2.11. The van der Waals surface area contributed by atoms with Crippen LogP contribution in [0.25, 0.3) is 0 Å². The Morgan fingerprint density at radius 1 is 0.762 bits per heavy atom. The number of hydrogen-bond donors (Lipinski definition) is 3. The zero-order valence-electron chi connectivity index (χ0n) is 12.9. The SMILES string of the molecule is O=C(O)C(=O)CCCCCCCC(O)CCCCCCO. The predicted octanol–water partition coefficient (Wildman–Crippen LogP) is 2.67. The fourth-order valence-corrected chi connectivity index (χ4v) is 2.29. The van der Waals surface area contributed by atoms with Crippen LogP contribution in [0.15, 0.2) is 0 Å². The van der Waals surface area contributed by atoms with Crippen LogP contribution in [0.1, 0.15) is 77.0 Å². The Morgan fingerprint density at radius 2 is 1.24 bits per heavy atom. The first-order chi connectivity index (χ1) is 10.1. The van der Waals surface area contributed by atoms with Crippen LogP contribution in [0, 0.1) is 0 Å². The molecule has 3 N–H and O–H groups in total. The van der Waals surface area contributed by atoms with Gasteiger partial charge in [0.1, 0.15) is 0 Å². The molecule has 0 radical (unpaired) electrons. The van der Waals surface area contributed by atoms with E-state index in [0.717, 1.165) is 64.2 Å². The van der Waals surface area contributed by atoms with Crippen molar-refractivity contribution >= 4 is 11.8 Å². The average Bonchev–Trinajstić information content (AvgIpc) is 2.45. The summed E-state index contributed by atoms with van der Waals surface area (Å²) >= 11 is 0. The van der Waals surface area contributed by atoms with E-state index in [1.807, 2.05) is 0 Å². The third-order valence-electron chi connectivity index (χ3n) is 3.63. The van der Waals surface area contributed by atoms with E-state index >= 15 is 0 Å². The monoisotopic (exact) mass is 302 g/mol. The van der Waals surface area contributed by atoms with E-state index in [2.05, 4.69) is 0 Å². The highest BCUT2D eigenvalue weighted by molar-refractivity contribution is 6.32. The molecule has 0 aliphatic carbocycles. The van der Waals surface area contributed by atoms with E-state index in [0.29, 0.717) is 6.42 Å². The Hall–Kier alpha value is -0.940. The molecule has 1 unspecified atom stereocenters. The zero-order chi connectivity index (χ0) is 15.9. The molecule has 0 rings (SSSR count). The molecule has 0 saturated carbocycles. The molecule has 0 spiro atoms. The molecular weight excluding hydrogens is 272 g/mol. The quantitative estimate of drug-likeness (QED) is 0.319. The smallest absolute Gasteiger partial charge is 0.372 e. The Labute approximate surface area is 127 Å². The van der Waals surface area contributed by atoms with Crippen molar-refractivity contribution in [1.82, 2.24) is 0 Å². The van der Waals surface area contributed by atoms with Crippen LogP contribution in [0.3, 0.4) is 0 Å². The number of ketones is 1. The van der Waals surface area contributed by atoms with Gasteiger partial charge in [0.2, 0.25) is 5.78 Å². The number of rotatable bonds is 15. The number of aliphatic hydroxyl groups is 2. The molecular formula is C16H30O5. The second-order valence-corrected chi connectivity index (χ2v) is 5.62. The first kappa shape index (κ1) is 20.1. The normalized spacial score (nSPS) is 12.3. The topological polar surface area (TPSA) is 94.8 Å². The molecule has 1 atom stereocenters. The molecule has 0 bridgehead atoms. The molecule has 0 amide bonds. The molecule has 0 aromatic carbocycles. The van der Waals surface area contributed by atoms with Gasteiger partial charge in [0, 0.05) is 13.0 Å². The van der Waals surface area contributed by atoms with Gasteiger partial charge in [-0.2, -0.15) is 0 Å². The summed E-state index contributed by atoms with van der Waals surface area (Å²) in [5.41, 5.74) is 0. The van der Waals surface area contributed by atoms with E-state index < -0.39 is 11.8 Å². The van der Waals surface area contributed by atoms with Crippen molar-refractivity contribution in [3.63, 3.8) is 0 Å². The maximum atomic E-state index is 10.8. The Bertz CT molecular complexity index is 278. The van der Waals surface area contributed by atoms with Crippen LogP contribution < -0.4 is 0 Å². The maximum absolute atomic E-state index is 10.8. The van der Waals surface area contributed by atoms with Gasteiger partial charge < -0.3 is 15.3 Å². The van der Waals surface area contributed by atoms with Gasteiger partial charge in [-0.1, -0.05) is 44.9 Å². The van der Waals surface area contributed by atoms with E-state index in [9.17, 15) is 14.7 Å². The summed E-state index contributed by atoms with van der Waals surface area (Å²) in [4.78, 5) is 21.1. The lowest BCUT2D eigenvalue weighted by Gasteiger charge is -2.10. The van der Waals surface area contributed by atoms with Crippen molar-refractivity contribution in [2.45, 2.75) is 83.2 Å². The minimum atomic E-state index is -1.34. The fourth-order valence-electron chi connectivity index (χ4n) is 2.29. The summed E-state index contributed by atoms with van der Waals surface area (Å²) in [7, 11) is 0. The molecule has 0 aromatic rings. The standard InChI is InChI=1S/C16H30O5/c17-13-9-5-4-7-11-14(18)10-6-2-1-3-8-12-15(19)16(20)21/h14,17-18H,1-13H2,(H,20,21). The van der Waals surface area contributed by atoms with Gasteiger partial charge in [-0.15, -0.1) is 0 Å². The summed E-state index contributed by atoms with van der Waals surface area (Å²) in [6, 6.07) is 0. The highest BCUT2D eigenvalue weighted by atomic mass is 16.4. The van der Waals surface area contributed by atoms with Crippen molar-refractivity contribution in [1.29, 1.82) is 0 Å². The Balaban J connectivity index is 3.26. The van der Waals surface area contributed by atoms with Gasteiger partial charge in [-0.05, 0) is 25.7 Å². The van der Waals surface area contributed by atoms with E-state index in [1.165, 1.54) is 0 Å². The van der Waals surface area contributed by atoms with Gasteiger partial charge in [0.25, 0.3) is 0 Å². The van der Waals surface area contributed by atoms with E-state index in [-0.39, 0.29) is 19.1 Å². The maximum Gasteiger partial charge on any atom is 0.372 e. The number of carboxylic acid groups (broad SMARTS) is 1. The number of aliphatic carboxylic acids is 1. The number of carbonyl (C=O) groups is 2. The number of carbonyl (C=O) groups excluding carboxylic acids is 1. The van der Waals surface area contributed by atoms with E-state index in [4.69, 9.17) is 10.2 Å². The number of aliphatic hydroxyl groups excluding tert-OH is 2. The fraction of sp³-hybridized carbons (Fsp3) is 0.875. The first-order valence-corrected chi connectivity index (χ1v) is 8.13. The van der Waals surface area contributed by atoms with Gasteiger partial charge in [-0.3, -0.25) is 4.79 Å². The lowest BCUT2D eigenvalue weighted by molar-refractivity contribution is -0.149. The molecule has 0 saturated heterocycles. The summed E-state index contributed by atoms with van der Waals surface area (Å²) in [6.07, 6.45) is 9.98. The molecule has 21 heavy (non-hydrogen) atoms. The van der Waals surface area contributed by atoms with Crippen LogP contribution in [-0.4, -0.2) is 39.8 Å². The van der Waals surface area contributed by atoms with Crippen molar-refractivity contribution in [2.75, 3.05) is 6.61 Å². The molecule has 0 aliphatic heterocycles. The largest absolute Gasteiger partial charge is 0.476 e. The summed E-state index contributed by atoms with van der Waals surface area (Å²) in [5.74, 6) is -2.04. The molecule has 5 nitrogen and oxygen atoms in total. The van der Waals surface area contributed by atoms with Crippen LogP contribution in [0.5, 0.6) is 0 Å². The van der Waals surface area contributed by atoms with Gasteiger partial charge in [0.05, 0.1) is 6.10 Å². The van der Waals surface area contributed by atoms with Gasteiger partial charge in [-0.25, -0.2) is 4.79 Å². The van der Waals surface area contributed by atoms with Crippen molar-refractivity contribution in [2.24, 2.45) is 0 Å². The average molecular weight is 302 g/mol. The second-order valence-electron chi connectivity index (χ2n) is 5.62. The number of unbranched alkanes of at least 4 members (excludes halogenated alkanes) is 7. The molecule has 124 valence electrons. The lowest BCUT2D eigenvalue weighted by atomic mass is 10.0. The zero-order valence-corrected chi connectivity index (χ0v) is 12.9. The number of carboxylic acids is 1. The molecule has 0 fully saturated rings. The second kappa shape index (κ2) is 14.0. The van der Waals surface area contributed by atoms with Gasteiger partial charge in [0.15, 0.2) is 0 Å². The summed E-state index contributed by atoms with van der Waals surface area (Å²) in [5, 5.41) is 26.8. The number of Topliss-reactive ketones (excluding diaryl/α,β-unsaturated/α-hetero) is 1. The minimum absolute atomic E-state index is 0.131. The molecule has 0 aliphatic rings. The summed E-state index contributed by atoms with van der Waals surface area (Å²) < 4.78 is 0. The highest BCUT2D eigenvalue weighted by Crippen LogP contribution is 2.13. The van der Waals surface area contributed by atoms with E-state index in [1.54, 1.807) is 0 Å². The predicted molar refractivity (Wildman–Crippen MR) is 81.1 cm³/mol. The van der Waals surface area contributed by atoms with Crippen LogP contribution in [0.2, 0.25) is 0 Å². The molecule has 0 aromatic heterocycles. The molecule has 5 heteroatoms. The Kier molecular flexibility index (Phi) is 13.4. The summed E-state index contributed by atoms with van der Waals surface area (Å²) in [6.45, 7) is 0.251. The highest BCUT2D eigenvalue weighted by Gasteiger charge is 2.09. The third kappa shape index (κ3) is 13.8. The first-order valence-electron chi connectivity index (χ1n) is 8.13. The van der Waals surface area contributed by atoms with Crippen molar-refractivity contribution < 1.29 is 24.9 Å². The Morgan fingerprint density at radius 3 is 1.76 bits per heavy atom. The van der Waals surface area contributed by atoms with Crippen LogP contribution >= 0.6 is 0 Å². The minimum Gasteiger partial charge on any atom is -0.476 e. The molecule has 0 heterocycles. The van der Waals surface area contributed by atoms with Crippen molar-refractivity contribution in [3.05, 3.63) is 0 Å². The number of hydrogen-bond acceptors (Lipinski definition) is 4. The van der Waals surface area contributed by atoms with Gasteiger partial charge >= 0.3 is 5.97 Å². The third-order valence-corrected chi connectivity index (χ3v) is 3.63.